The Labute approximate surface area is 187 Å². The Hall–Kier alpha value is -3.59. The summed E-state index contributed by atoms with van der Waals surface area (Å²) in [6.07, 6.45) is 10.1. The maximum absolute atomic E-state index is 14.1. The molecule has 0 saturated heterocycles. The Kier molecular flexibility index (Phi) is 5.75. The van der Waals surface area contributed by atoms with E-state index in [1.807, 2.05) is 37.1 Å². The number of anilines is 3. The molecule has 3 aromatic rings. The van der Waals surface area contributed by atoms with Gasteiger partial charge in [0.2, 0.25) is 0 Å². The molecule has 0 amide bonds. The number of benzene rings is 2. The van der Waals surface area contributed by atoms with Crippen molar-refractivity contribution in [2.45, 2.75) is 26.2 Å². The second-order valence-electron chi connectivity index (χ2n) is 8.10. The van der Waals surface area contributed by atoms with E-state index in [0.29, 0.717) is 11.1 Å². The molecule has 32 heavy (non-hydrogen) atoms. The van der Waals surface area contributed by atoms with Gasteiger partial charge in [0, 0.05) is 60.6 Å². The number of aryl methyl sites for hydroxylation is 2. The molecule has 1 aliphatic rings. The van der Waals surface area contributed by atoms with Crippen molar-refractivity contribution in [3.63, 3.8) is 0 Å². The summed E-state index contributed by atoms with van der Waals surface area (Å²) in [5, 5.41) is 4.16. The SMILES string of the molecule is C#Cc1cc(N2CCCc3cc(-c4cnn(C)c4)c(C(F)F)cc32)cc(N(C)C=C)c1C. The summed E-state index contributed by atoms with van der Waals surface area (Å²) in [5.74, 6) is 2.76. The Bertz CT molecular complexity index is 1220. The van der Waals surface area contributed by atoms with E-state index < -0.39 is 6.43 Å². The van der Waals surface area contributed by atoms with Crippen LogP contribution in [0.1, 0.15) is 35.1 Å². The van der Waals surface area contributed by atoms with Gasteiger partial charge in [-0.15, -0.1) is 6.42 Å². The van der Waals surface area contributed by atoms with Crippen molar-refractivity contribution in [1.82, 2.24) is 9.78 Å². The Balaban J connectivity index is 1.88. The fourth-order valence-corrected chi connectivity index (χ4v) is 4.36. The zero-order valence-electron chi connectivity index (χ0n) is 18.6. The average Bonchev–Trinajstić information content (AvgIpc) is 3.23. The fraction of sp³-hybridized carbons (Fsp3) is 0.269. The third-order valence-electron chi connectivity index (χ3n) is 6.11. The number of rotatable bonds is 5. The Morgan fingerprint density at radius 1 is 1.28 bits per heavy atom. The van der Waals surface area contributed by atoms with Crippen molar-refractivity contribution in [3.05, 3.63) is 71.7 Å². The summed E-state index contributed by atoms with van der Waals surface area (Å²) in [4.78, 5) is 4.01. The zero-order chi connectivity index (χ0) is 23.0. The molecule has 1 aromatic heterocycles. The standard InChI is InChI=1S/C26H26F2N4/c1-6-18-11-21(13-24(17(18)3)30(4)7-2)32-10-8-9-19-12-22(20-15-29-31(5)16-20)23(26(27)28)14-25(19)32/h1,7,11-16,26H,2,8-10H2,3-5H3. The van der Waals surface area contributed by atoms with E-state index >= 15 is 0 Å². The lowest BCUT2D eigenvalue weighted by molar-refractivity contribution is 0.152. The molecule has 164 valence electrons. The molecule has 0 unspecified atom stereocenters. The van der Waals surface area contributed by atoms with E-state index in [2.05, 4.69) is 22.5 Å². The van der Waals surface area contributed by atoms with Gasteiger partial charge in [0.05, 0.1) is 6.20 Å². The van der Waals surface area contributed by atoms with E-state index in [4.69, 9.17) is 6.42 Å². The minimum absolute atomic E-state index is 0.0105. The summed E-state index contributed by atoms with van der Waals surface area (Å²) in [5.41, 5.74) is 6.68. The first-order valence-electron chi connectivity index (χ1n) is 10.5. The molecular weight excluding hydrogens is 406 g/mol. The minimum atomic E-state index is -2.60. The summed E-state index contributed by atoms with van der Waals surface area (Å²) < 4.78 is 29.9. The average molecular weight is 433 g/mol. The molecular formula is C26H26F2N4. The number of aromatic nitrogens is 2. The van der Waals surface area contributed by atoms with Crippen molar-refractivity contribution in [3.8, 4) is 23.5 Å². The van der Waals surface area contributed by atoms with E-state index in [1.165, 1.54) is 0 Å². The molecule has 0 saturated carbocycles. The van der Waals surface area contributed by atoms with Gasteiger partial charge in [-0.2, -0.15) is 5.10 Å². The van der Waals surface area contributed by atoms with Crippen LogP contribution in [-0.4, -0.2) is 23.4 Å². The van der Waals surface area contributed by atoms with Gasteiger partial charge >= 0.3 is 0 Å². The van der Waals surface area contributed by atoms with Gasteiger partial charge < -0.3 is 9.80 Å². The normalized spacial score (nSPS) is 13.1. The maximum atomic E-state index is 14.1. The van der Waals surface area contributed by atoms with E-state index in [9.17, 15) is 8.78 Å². The number of halogens is 2. The van der Waals surface area contributed by atoms with E-state index in [1.54, 1.807) is 36.4 Å². The second-order valence-corrected chi connectivity index (χ2v) is 8.10. The molecule has 4 rings (SSSR count). The van der Waals surface area contributed by atoms with Crippen molar-refractivity contribution >= 4 is 17.1 Å². The van der Waals surface area contributed by atoms with Crippen LogP contribution in [0.25, 0.3) is 11.1 Å². The largest absolute Gasteiger partial charge is 0.351 e. The highest BCUT2D eigenvalue weighted by Gasteiger charge is 2.25. The molecule has 0 radical (unpaired) electrons. The van der Waals surface area contributed by atoms with Crippen molar-refractivity contribution < 1.29 is 8.78 Å². The van der Waals surface area contributed by atoms with Crippen LogP contribution in [-0.2, 0) is 13.5 Å². The quantitative estimate of drug-likeness (QED) is 0.464. The van der Waals surface area contributed by atoms with Gasteiger partial charge in [-0.1, -0.05) is 12.5 Å². The van der Waals surface area contributed by atoms with Crippen LogP contribution in [0, 0.1) is 19.3 Å². The smallest absolute Gasteiger partial charge is 0.264 e. The highest BCUT2D eigenvalue weighted by molar-refractivity contribution is 5.79. The first-order chi connectivity index (χ1) is 15.3. The van der Waals surface area contributed by atoms with Gasteiger partial charge in [-0.3, -0.25) is 4.68 Å². The van der Waals surface area contributed by atoms with E-state index in [0.717, 1.165) is 53.1 Å². The molecule has 2 aromatic carbocycles. The zero-order valence-corrected chi connectivity index (χ0v) is 18.6. The summed E-state index contributed by atoms with van der Waals surface area (Å²) in [6, 6.07) is 7.53. The lowest BCUT2D eigenvalue weighted by atomic mass is 9.92. The second kappa shape index (κ2) is 8.51. The lowest BCUT2D eigenvalue weighted by Crippen LogP contribution is -2.25. The Morgan fingerprint density at radius 3 is 2.69 bits per heavy atom. The van der Waals surface area contributed by atoms with Crippen molar-refractivity contribution in [2.24, 2.45) is 7.05 Å². The number of hydrogen-bond donors (Lipinski definition) is 0. The summed E-state index contributed by atoms with van der Waals surface area (Å²) in [6.45, 7) is 6.56. The number of hydrogen-bond acceptors (Lipinski definition) is 3. The highest BCUT2D eigenvalue weighted by atomic mass is 19.3. The molecule has 6 heteroatoms. The summed E-state index contributed by atoms with van der Waals surface area (Å²) in [7, 11) is 3.70. The van der Waals surface area contributed by atoms with Crippen LogP contribution in [0.4, 0.5) is 25.8 Å². The summed E-state index contributed by atoms with van der Waals surface area (Å²) >= 11 is 0. The molecule has 0 aliphatic carbocycles. The molecule has 0 fully saturated rings. The number of fused-ring (bicyclic) bond motifs is 1. The monoisotopic (exact) mass is 432 g/mol. The van der Waals surface area contributed by atoms with Gasteiger partial charge in [-0.05, 0) is 66.9 Å². The van der Waals surface area contributed by atoms with Gasteiger partial charge in [0.25, 0.3) is 6.43 Å². The predicted molar refractivity (Wildman–Crippen MR) is 127 cm³/mol. The van der Waals surface area contributed by atoms with Gasteiger partial charge in [0.15, 0.2) is 0 Å². The van der Waals surface area contributed by atoms with Gasteiger partial charge in [0.1, 0.15) is 0 Å². The number of terminal acetylenes is 1. The molecule has 0 bridgehead atoms. The topological polar surface area (TPSA) is 24.3 Å². The number of nitrogens with zero attached hydrogens (tertiary/aromatic N) is 4. The van der Waals surface area contributed by atoms with Crippen LogP contribution < -0.4 is 9.80 Å². The van der Waals surface area contributed by atoms with Crippen LogP contribution in [0.15, 0.2) is 49.4 Å². The third-order valence-corrected chi connectivity index (χ3v) is 6.11. The molecule has 0 N–H and O–H groups in total. The fourth-order valence-electron chi connectivity index (χ4n) is 4.36. The predicted octanol–water partition coefficient (Wildman–Crippen LogP) is 5.98. The third kappa shape index (κ3) is 3.75. The first kappa shape index (κ1) is 21.6. The molecule has 0 atom stereocenters. The van der Waals surface area contributed by atoms with Crippen molar-refractivity contribution in [2.75, 3.05) is 23.4 Å². The molecule has 1 aliphatic heterocycles. The van der Waals surface area contributed by atoms with Crippen LogP contribution in [0.2, 0.25) is 0 Å². The maximum Gasteiger partial charge on any atom is 0.264 e. The number of alkyl halides is 2. The molecule has 2 heterocycles. The minimum Gasteiger partial charge on any atom is -0.351 e. The van der Waals surface area contributed by atoms with Crippen LogP contribution >= 0.6 is 0 Å². The lowest BCUT2D eigenvalue weighted by Gasteiger charge is -2.34. The van der Waals surface area contributed by atoms with Crippen LogP contribution in [0.3, 0.4) is 0 Å². The molecule has 0 spiro atoms. The molecule has 4 nitrogen and oxygen atoms in total. The Morgan fingerprint density at radius 2 is 2.06 bits per heavy atom. The first-order valence-corrected chi connectivity index (χ1v) is 10.5. The van der Waals surface area contributed by atoms with E-state index in [-0.39, 0.29) is 5.56 Å². The van der Waals surface area contributed by atoms with Gasteiger partial charge in [-0.25, -0.2) is 8.78 Å². The van der Waals surface area contributed by atoms with Crippen LogP contribution in [0.5, 0.6) is 0 Å². The highest BCUT2D eigenvalue weighted by Crippen LogP contribution is 2.42. The van der Waals surface area contributed by atoms with Crippen molar-refractivity contribution in [1.29, 1.82) is 0 Å².